The first-order valence-electron chi connectivity index (χ1n) is 10.2. The topological polar surface area (TPSA) is 87.2 Å². The van der Waals surface area contributed by atoms with Crippen molar-refractivity contribution in [3.63, 3.8) is 0 Å². The number of amides is 2. The van der Waals surface area contributed by atoms with Crippen LogP contribution in [-0.2, 0) is 4.79 Å². The van der Waals surface area contributed by atoms with Crippen molar-refractivity contribution < 1.29 is 9.59 Å². The molecule has 3 rings (SSSR count). The molecule has 0 aliphatic heterocycles. The lowest BCUT2D eigenvalue weighted by molar-refractivity contribution is -0.114. The number of carbonyl (C=O) groups excluding carboxylic acids is 2. The van der Waals surface area contributed by atoms with E-state index in [1.54, 1.807) is 18.5 Å². The van der Waals surface area contributed by atoms with Gasteiger partial charge in [-0.15, -0.1) is 0 Å². The number of nitrogens with zero attached hydrogens (tertiary/aromatic N) is 3. The highest BCUT2D eigenvalue weighted by Gasteiger charge is 2.10. The van der Waals surface area contributed by atoms with Gasteiger partial charge in [0.15, 0.2) is 0 Å². The lowest BCUT2D eigenvalue weighted by atomic mass is 10.1. The molecule has 3 aromatic rings. The first kappa shape index (κ1) is 22.1. The Labute approximate surface area is 182 Å². The van der Waals surface area contributed by atoms with Crippen molar-refractivity contribution in [1.29, 1.82) is 0 Å². The number of rotatable bonds is 8. The van der Waals surface area contributed by atoms with Crippen LogP contribution in [0, 0.1) is 0 Å². The van der Waals surface area contributed by atoms with Crippen LogP contribution < -0.4 is 10.6 Å². The van der Waals surface area contributed by atoms with Gasteiger partial charge in [0.05, 0.1) is 23.8 Å². The minimum Gasteiger partial charge on any atom is -0.352 e. The SMILES string of the molecule is CC(=O)Nc1cccc(-c2cncc(-c3cccc(C(=O)NCCCN(C)C)c3)n2)c1. The third kappa shape index (κ3) is 6.45. The van der Waals surface area contributed by atoms with E-state index in [-0.39, 0.29) is 11.8 Å². The lowest BCUT2D eigenvalue weighted by Crippen LogP contribution is -2.27. The van der Waals surface area contributed by atoms with E-state index < -0.39 is 0 Å². The Kier molecular flexibility index (Phi) is 7.45. The summed E-state index contributed by atoms with van der Waals surface area (Å²) in [6.07, 6.45) is 4.25. The molecule has 0 fully saturated rings. The zero-order chi connectivity index (χ0) is 22.2. The van der Waals surface area contributed by atoms with Gasteiger partial charge in [-0.3, -0.25) is 14.6 Å². The van der Waals surface area contributed by atoms with Crippen molar-refractivity contribution >= 4 is 17.5 Å². The fraction of sp³-hybridized carbons (Fsp3) is 0.250. The maximum Gasteiger partial charge on any atom is 0.251 e. The molecule has 2 aromatic carbocycles. The van der Waals surface area contributed by atoms with Crippen molar-refractivity contribution in [2.45, 2.75) is 13.3 Å². The van der Waals surface area contributed by atoms with Gasteiger partial charge in [-0.05, 0) is 51.3 Å². The second kappa shape index (κ2) is 10.4. The molecule has 160 valence electrons. The van der Waals surface area contributed by atoms with Crippen LogP contribution >= 0.6 is 0 Å². The number of benzene rings is 2. The maximum absolute atomic E-state index is 12.5. The smallest absolute Gasteiger partial charge is 0.251 e. The summed E-state index contributed by atoms with van der Waals surface area (Å²) in [4.78, 5) is 34.9. The number of aromatic nitrogens is 2. The van der Waals surface area contributed by atoms with Crippen LogP contribution in [-0.4, -0.2) is 53.9 Å². The third-order valence-corrected chi connectivity index (χ3v) is 4.60. The molecule has 31 heavy (non-hydrogen) atoms. The molecule has 0 saturated carbocycles. The summed E-state index contributed by atoms with van der Waals surface area (Å²) in [5.74, 6) is -0.235. The van der Waals surface area contributed by atoms with Gasteiger partial charge in [-0.1, -0.05) is 24.3 Å². The molecule has 1 aromatic heterocycles. The van der Waals surface area contributed by atoms with Crippen LogP contribution in [0.1, 0.15) is 23.7 Å². The number of carbonyl (C=O) groups is 2. The normalized spacial score (nSPS) is 10.7. The average Bonchev–Trinajstić information content (AvgIpc) is 2.76. The predicted molar refractivity (Wildman–Crippen MR) is 123 cm³/mol. The van der Waals surface area contributed by atoms with Gasteiger partial charge in [0.25, 0.3) is 5.91 Å². The largest absolute Gasteiger partial charge is 0.352 e. The molecule has 2 N–H and O–H groups in total. The Morgan fingerprint density at radius 1 is 0.968 bits per heavy atom. The molecule has 7 nitrogen and oxygen atoms in total. The van der Waals surface area contributed by atoms with Gasteiger partial charge in [0.2, 0.25) is 5.91 Å². The van der Waals surface area contributed by atoms with E-state index in [1.807, 2.05) is 56.6 Å². The average molecular weight is 418 g/mol. The Morgan fingerprint density at radius 2 is 1.65 bits per heavy atom. The summed E-state index contributed by atoms with van der Waals surface area (Å²) < 4.78 is 0. The van der Waals surface area contributed by atoms with Gasteiger partial charge in [0, 0.05) is 35.8 Å². The van der Waals surface area contributed by atoms with Crippen LogP contribution in [0.25, 0.3) is 22.5 Å². The molecule has 0 aliphatic rings. The van der Waals surface area contributed by atoms with E-state index >= 15 is 0 Å². The highest BCUT2D eigenvalue weighted by molar-refractivity contribution is 5.95. The Balaban J connectivity index is 1.78. The molecule has 0 radical (unpaired) electrons. The molecule has 0 spiro atoms. The van der Waals surface area contributed by atoms with Gasteiger partial charge in [-0.25, -0.2) is 4.98 Å². The van der Waals surface area contributed by atoms with Gasteiger partial charge in [0.1, 0.15) is 0 Å². The van der Waals surface area contributed by atoms with Crippen molar-refractivity contribution in [1.82, 2.24) is 20.2 Å². The maximum atomic E-state index is 12.5. The minimum absolute atomic E-state index is 0.104. The van der Waals surface area contributed by atoms with Crippen LogP contribution in [0.5, 0.6) is 0 Å². The third-order valence-electron chi connectivity index (χ3n) is 4.60. The first-order chi connectivity index (χ1) is 14.9. The monoisotopic (exact) mass is 417 g/mol. The molecule has 2 amide bonds. The zero-order valence-electron chi connectivity index (χ0n) is 18.1. The summed E-state index contributed by atoms with van der Waals surface area (Å²) in [5.41, 5.74) is 4.30. The second-order valence-corrected chi connectivity index (χ2v) is 7.55. The fourth-order valence-electron chi connectivity index (χ4n) is 3.12. The van der Waals surface area contributed by atoms with E-state index in [2.05, 4.69) is 20.5 Å². The van der Waals surface area contributed by atoms with E-state index in [0.29, 0.717) is 29.2 Å². The number of hydrogen-bond donors (Lipinski definition) is 2. The number of hydrogen-bond acceptors (Lipinski definition) is 5. The van der Waals surface area contributed by atoms with E-state index in [4.69, 9.17) is 4.98 Å². The summed E-state index contributed by atoms with van der Waals surface area (Å²) in [6.45, 7) is 3.02. The van der Waals surface area contributed by atoms with Gasteiger partial charge >= 0.3 is 0 Å². The van der Waals surface area contributed by atoms with Crippen LogP contribution in [0.4, 0.5) is 5.69 Å². The molecule has 7 heteroatoms. The number of anilines is 1. The standard InChI is InChI=1S/C24H27N5O2/c1-17(30)27-21-10-5-8-19(14-21)23-16-25-15-22(28-23)18-7-4-9-20(13-18)24(31)26-11-6-12-29(2)3/h4-5,7-10,13-16H,6,11-12H2,1-3H3,(H,26,31)(H,27,30). The summed E-state index contributed by atoms with van der Waals surface area (Å²) >= 11 is 0. The molecule has 0 aliphatic carbocycles. The van der Waals surface area contributed by atoms with Crippen molar-refractivity contribution in [2.75, 3.05) is 32.5 Å². The molecule has 1 heterocycles. The second-order valence-electron chi connectivity index (χ2n) is 7.55. The quantitative estimate of drug-likeness (QED) is 0.548. The molecule has 0 saturated heterocycles. The first-order valence-corrected chi connectivity index (χ1v) is 10.2. The van der Waals surface area contributed by atoms with Crippen LogP contribution in [0.2, 0.25) is 0 Å². The number of nitrogens with one attached hydrogen (secondary N) is 2. The summed E-state index contributed by atoms with van der Waals surface area (Å²) in [7, 11) is 4.02. The molecule has 0 atom stereocenters. The minimum atomic E-state index is -0.131. The molecule has 0 bridgehead atoms. The van der Waals surface area contributed by atoms with E-state index in [0.717, 1.165) is 24.1 Å². The van der Waals surface area contributed by atoms with Crippen molar-refractivity contribution in [3.8, 4) is 22.5 Å². The summed E-state index contributed by atoms with van der Waals surface area (Å²) in [5, 5.41) is 5.73. The summed E-state index contributed by atoms with van der Waals surface area (Å²) in [6, 6.07) is 14.8. The highest BCUT2D eigenvalue weighted by Crippen LogP contribution is 2.24. The van der Waals surface area contributed by atoms with Gasteiger partial charge < -0.3 is 15.5 Å². The lowest BCUT2D eigenvalue weighted by Gasteiger charge is -2.10. The van der Waals surface area contributed by atoms with E-state index in [9.17, 15) is 9.59 Å². The Morgan fingerprint density at radius 3 is 2.32 bits per heavy atom. The van der Waals surface area contributed by atoms with E-state index in [1.165, 1.54) is 6.92 Å². The molecule has 0 unspecified atom stereocenters. The molecular formula is C24H27N5O2. The fourth-order valence-corrected chi connectivity index (χ4v) is 3.12. The van der Waals surface area contributed by atoms with Crippen molar-refractivity contribution in [2.24, 2.45) is 0 Å². The van der Waals surface area contributed by atoms with Crippen LogP contribution in [0.3, 0.4) is 0 Å². The highest BCUT2D eigenvalue weighted by atomic mass is 16.2. The van der Waals surface area contributed by atoms with Crippen LogP contribution in [0.15, 0.2) is 60.9 Å². The Bertz CT molecular complexity index is 1070. The Hall–Kier alpha value is -3.58. The predicted octanol–water partition coefficient (Wildman–Crippen LogP) is 3.45. The molecular weight excluding hydrogens is 390 g/mol. The van der Waals surface area contributed by atoms with Crippen molar-refractivity contribution in [3.05, 3.63) is 66.5 Å². The van der Waals surface area contributed by atoms with Gasteiger partial charge in [-0.2, -0.15) is 0 Å². The zero-order valence-corrected chi connectivity index (χ0v) is 18.1.